The van der Waals surface area contributed by atoms with Gasteiger partial charge in [0.15, 0.2) is 0 Å². The van der Waals surface area contributed by atoms with Gasteiger partial charge in [-0.2, -0.15) is 0 Å². The van der Waals surface area contributed by atoms with Gasteiger partial charge in [0, 0.05) is 29.3 Å². The molecule has 0 saturated heterocycles. The second-order valence-electron chi connectivity index (χ2n) is 7.27. The minimum Gasteiger partial charge on any atom is -0.457 e. The van der Waals surface area contributed by atoms with E-state index in [1.54, 1.807) is 71.6 Å². The first-order valence-corrected chi connectivity index (χ1v) is 9.73. The van der Waals surface area contributed by atoms with E-state index in [1.807, 2.05) is 0 Å². The van der Waals surface area contributed by atoms with Crippen LogP contribution in [0.25, 0.3) is 0 Å². The van der Waals surface area contributed by atoms with Crippen LogP contribution in [0.5, 0.6) is 11.5 Å². The van der Waals surface area contributed by atoms with Crippen molar-refractivity contribution in [2.75, 3.05) is 0 Å². The molecule has 0 aromatic heterocycles. The molecule has 0 bridgehead atoms. The summed E-state index contributed by atoms with van der Waals surface area (Å²) in [5.41, 5.74) is 6.67. The Bertz CT molecular complexity index is 1060. The molecule has 1 aliphatic carbocycles. The molecule has 3 aromatic carbocycles. The first-order chi connectivity index (χ1) is 14.5. The van der Waals surface area contributed by atoms with Crippen molar-refractivity contribution in [1.82, 2.24) is 4.90 Å². The number of nitrogens with zero attached hydrogens (tertiary/aromatic N) is 1. The summed E-state index contributed by atoms with van der Waals surface area (Å²) in [6.07, 6.45) is 1.87. The lowest BCUT2D eigenvalue weighted by Crippen LogP contribution is -2.32. The highest BCUT2D eigenvalue weighted by molar-refractivity contribution is 5.95. The molecule has 1 aliphatic rings. The van der Waals surface area contributed by atoms with Gasteiger partial charge in [0.1, 0.15) is 17.3 Å². The standard InChI is InChI=1S/C24H21FN2O3/c25-22-4-2-1-3-18(22)15-27(19-9-10-19)24(29)17-7-13-21(14-8-17)30-20-11-5-16(6-12-20)23(26)28/h1-8,11-14,19H,9-10,15H2,(H2,26,28). The number of carbonyl (C=O) groups excluding carboxylic acids is 2. The van der Waals surface area contributed by atoms with E-state index >= 15 is 0 Å². The van der Waals surface area contributed by atoms with Gasteiger partial charge < -0.3 is 15.4 Å². The van der Waals surface area contributed by atoms with E-state index in [0.29, 0.717) is 28.2 Å². The number of nitrogens with two attached hydrogens (primary N) is 1. The van der Waals surface area contributed by atoms with Crippen molar-refractivity contribution in [2.24, 2.45) is 5.73 Å². The van der Waals surface area contributed by atoms with E-state index in [2.05, 4.69) is 0 Å². The molecule has 0 atom stereocenters. The topological polar surface area (TPSA) is 72.6 Å². The summed E-state index contributed by atoms with van der Waals surface area (Å²) in [7, 11) is 0. The average Bonchev–Trinajstić information content (AvgIpc) is 3.59. The molecule has 152 valence electrons. The van der Waals surface area contributed by atoms with Crippen LogP contribution < -0.4 is 10.5 Å². The second kappa shape index (κ2) is 8.37. The summed E-state index contributed by atoms with van der Waals surface area (Å²) in [4.78, 5) is 25.9. The molecule has 6 heteroatoms. The molecule has 0 spiro atoms. The quantitative estimate of drug-likeness (QED) is 0.629. The highest BCUT2D eigenvalue weighted by atomic mass is 19.1. The van der Waals surface area contributed by atoms with E-state index in [4.69, 9.17) is 10.5 Å². The first-order valence-electron chi connectivity index (χ1n) is 9.73. The van der Waals surface area contributed by atoms with Gasteiger partial charge in [-0.15, -0.1) is 0 Å². The van der Waals surface area contributed by atoms with Crippen LogP contribution in [0.3, 0.4) is 0 Å². The highest BCUT2D eigenvalue weighted by Gasteiger charge is 2.33. The largest absolute Gasteiger partial charge is 0.457 e. The van der Waals surface area contributed by atoms with Crippen LogP contribution in [0.4, 0.5) is 4.39 Å². The number of benzene rings is 3. The number of halogens is 1. The smallest absolute Gasteiger partial charge is 0.254 e. The van der Waals surface area contributed by atoms with Gasteiger partial charge >= 0.3 is 0 Å². The Hall–Kier alpha value is -3.67. The predicted molar refractivity (Wildman–Crippen MR) is 111 cm³/mol. The van der Waals surface area contributed by atoms with Gasteiger partial charge in [0.05, 0.1) is 0 Å². The molecule has 0 radical (unpaired) electrons. The number of carbonyl (C=O) groups is 2. The summed E-state index contributed by atoms with van der Waals surface area (Å²) >= 11 is 0. The minimum absolute atomic E-state index is 0.127. The van der Waals surface area contributed by atoms with E-state index < -0.39 is 5.91 Å². The number of hydrogen-bond acceptors (Lipinski definition) is 3. The van der Waals surface area contributed by atoms with E-state index in [9.17, 15) is 14.0 Å². The van der Waals surface area contributed by atoms with Gasteiger partial charge in [-0.1, -0.05) is 18.2 Å². The van der Waals surface area contributed by atoms with Crippen molar-refractivity contribution in [3.05, 3.63) is 95.3 Å². The van der Waals surface area contributed by atoms with Crippen LogP contribution in [0.1, 0.15) is 39.1 Å². The molecule has 4 rings (SSSR count). The van der Waals surface area contributed by atoms with Crippen molar-refractivity contribution >= 4 is 11.8 Å². The summed E-state index contributed by atoms with van der Waals surface area (Å²) in [6, 6.07) is 20.0. The van der Waals surface area contributed by atoms with Crippen LogP contribution >= 0.6 is 0 Å². The Morgan fingerprint density at radius 3 is 2.00 bits per heavy atom. The fraction of sp³-hybridized carbons (Fsp3) is 0.167. The van der Waals surface area contributed by atoms with Crippen LogP contribution in [0.2, 0.25) is 0 Å². The average molecular weight is 404 g/mol. The second-order valence-corrected chi connectivity index (χ2v) is 7.27. The van der Waals surface area contributed by atoms with Crippen LogP contribution in [0, 0.1) is 5.82 Å². The molecule has 1 fully saturated rings. The Morgan fingerprint density at radius 2 is 1.47 bits per heavy atom. The summed E-state index contributed by atoms with van der Waals surface area (Å²) in [6.45, 7) is 0.251. The number of hydrogen-bond donors (Lipinski definition) is 1. The third kappa shape index (κ3) is 4.49. The fourth-order valence-corrected chi connectivity index (χ4v) is 3.22. The van der Waals surface area contributed by atoms with E-state index in [-0.39, 0.29) is 24.3 Å². The third-order valence-electron chi connectivity index (χ3n) is 5.02. The predicted octanol–water partition coefficient (Wildman–Crippen LogP) is 4.52. The molecule has 1 saturated carbocycles. The first kappa shape index (κ1) is 19.6. The van der Waals surface area contributed by atoms with Gasteiger partial charge in [-0.3, -0.25) is 9.59 Å². The SMILES string of the molecule is NC(=O)c1ccc(Oc2ccc(C(=O)N(Cc3ccccc3F)C3CC3)cc2)cc1. The molecule has 3 aromatic rings. The van der Waals surface area contributed by atoms with Crippen molar-refractivity contribution in [1.29, 1.82) is 0 Å². The Kier molecular flexibility index (Phi) is 5.48. The molecule has 5 nitrogen and oxygen atoms in total. The fourth-order valence-electron chi connectivity index (χ4n) is 3.22. The van der Waals surface area contributed by atoms with Gasteiger partial charge in [-0.25, -0.2) is 4.39 Å². The zero-order valence-corrected chi connectivity index (χ0v) is 16.3. The normalized spacial score (nSPS) is 13.0. The third-order valence-corrected chi connectivity index (χ3v) is 5.02. The number of amides is 2. The molecule has 0 unspecified atom stereocenters. The molecule has 2 amide bonds. The zero-order chi connectivity index (χ0) is 21.1. The van der Waals surface area contributed by atoms with Crippen LogP contribution in [0.15, 0.2) is 72.8 Å². The lowest BCUT2D eigenvalue weighted by molar-refractivity contribution is 0.0728. The highest BCUT2D eigenvalue weighted by Crippen LogP contribution is 2.31. The number of primary amides is 1. The van der Waals surface area contributed by atoms with Gasteiger partial charge in [-0.05, 0) is 67.4 Å². The number of rotatable bonds is 7. The van der Waals surface area contributed by atoms with Gasteiger partial charge in [0.2, 0.25) is 5.91 Å². The van der Waals surface area contributed by atoms with Crippen molar-refractivity contribution in [2.45, 2.75) is 25.4 Å². The zero-order valence-electron chi connectivity index (χ0n) is 16.3. The Balaban J connectivity index is 1.46. The molecule has 30 heavy (non-hydrogen) atoms. The van der Waals surface area contributed by atoms with Crippen molar-refractivity contribution < 1.29 is 18.7 Å². The summed E-state index contributed by atoms with van der Waals surface area (Å²) in [5, 5.41) is 0. The Labute approximate surface area is 173 Å². The number of ether oxygens (including phenoxy) is 1. The van der Waals surface area contributed by atoms with Crippen molar-refractivity contribution in [3.63, 3.8) is 0 Å². The van der Waals surface area contributed by atoms with E-state index in [0.717, 1.165) is 12.8 Å². The monoisotopic (exact) mass is 404 g/mol. The minimum atomic E-state index is -0.500. The molecule has 2 N–H and O–H groups in total. The molecular formula is C24H21FN2O3. The van der Waals surface area contributed by atoms with Crippen LogP contribution in [-0.4, -0.2) is 22.8 Å². The van der Waals surface area contributed by atoms with Crippen LogP contribution in [-0.2, 0) is 6.54 Å². The van der Waals surface area contributed by atoms with Gasteiger partial charge in [0.25, 0.3) is 5.91 Å². The maximum atomic E-state index is 14.0. The van der Waals surface area contributed by atoms with Crippen molar-refractivity contribution in [3.8, 4) is 11.5 Å². The lowest BCUT2D eigenvalue weighted by Gasteiger charge is -2.23. The summed E-state index contributed by atoms with van der Waals surface area (Å²) in [5.74, 6) is 0.184. The molecule has 0 heterocycles. The lowest BCUT2D eigenvalue weighted by atomic mass is 10.1. The maximum Gasteiger partial charge on any atom is 0.254 e. The maximum absolute atomic E-state index is 14.0. The summed E-state index contributed by atoms with van der Waals surface area (Å²) < 4.78 is 19.8. The molecular weight excluding hydrogens is 383 g/mol. The molecule has 0 aliphatic heterocycles. The van der Waals surface area contributed by atoms with E-state index in [1.165, 1.54) is 6.07 Å². The Morgan fingerprint density at radius 1 is 0.900 bits per heavy atom.